The number of hydrogen-bond donors (Lipinski definition) is 1. The van der Waals surface area contributed by atoms with E-state index in [1.165, 1.54) is 4.90 Å². The van der Waals surface area contributed by atoms with Gasteiger partial charge in [0.2, 0.25) is 11.8 Å². The van der Waals surface area contributed by atoms with Crippen LogP contribution in [0.15, 0.2) is 0 Å². The molecule has 2 rings (SSSR count). The maximum Gasteiger partial charge on any atom is 0.413 e. The molecule has 0 aromatic rings. The summed E-state index contributed by atoms with van der Waals surface area (Å²) in [7, 11) is 0. The molecule has 166 valence electrons. The summed E-state index contributed by atoms with van der Waals surface area (Å²) in [5, 5.41) is 2.92. The van der Waals surface area contributed by atoms with E-state index in [1.807, 2.05) is 6.92 Å². The summed E-state index contributed by atoms with van der Waals surface area (Å²) in [4.78, 5) is 41.8. The van der Waals surface area contributed by atoms with Crippen LogP contribution in [0.5, 0.6) is 0 Å². The first kappa shape index (κ1) is 23.4. The monoisotopic (exact) mass is 411 g/mol. The van der Waals surface area contributed by atoms with Gasteiger partial charge in [-0.25, -0.2) is 4.79 Å². The molecule has 0 radical (unpaired) electrons. The molecule has 0 spiro atoms. The van der Waals surface area contributed by atoms with Crippen molar-refractivity contribution in [2.24, 2.45) is 5.92 Å². The fourth-order valence-electron chi connectivity index (χ4n) is 4.05. The van der Waals surface area contributed by atoms with Gasteiger partial charge in [0, 0.05) is 19.6 Å². The molecule has 0 bridgehead atoms. The molecule has 2 fully saturated rings. The molecule has 29 heavy (non-hydrogen) atoms. The lowest BCUT2D eigenvalue weighted by atomic mass is 9.96. The van der Waals surface area contributed by atoms with Crippen LogP contribution in [0.2, 0.25) is 0 Å². The van der Waals surface area contributed by atoms with Crippen molar-refractivity contribution in [1.29, 1.82) is 0 Å². The number of piperidine rings is 1. The minimum atomic E-state index is -0.963. The normalized spacial score (nSPS) is 26.9. The van der Waals surface area contributed by atoms with Gasteiger partial charge in [0.15, 0.2) is 0 Å². The highest BCUT2D eigenvalue weighted by molar-refractivity contribution is 5.88. The summed E-state index contributed by atoms with van der Waals surface area (Å²) >= 11 is 0. The van der Waals surface area contributed by atoms with E-state index in [2.05, 4.69) is 5.32 Å². The highest BCUT2D eigenvalue weighted by atomic mass is 16.6. The molecule has 1 N–H and O–H groups in total. The Hall–Kier alpha value is -1.83. The summed E-state index contributed by atoms with van der Waals surface area (Å²) in [5.41, 5.74) is -1.64. The lowest BCUT2D eigenvalue weighted by Gasteiger charge is -2.38. The molecule has 2 saturated heterocycles. The summed E-state index contributed by atoms with van der Waals surface area (Å²) in [6.45, 7) is 14.3. The van der Waals surface area contributed by atoms with Crippen molar-refractivity contribution in [2.75, 3.05) is 19.6 Å². The van der Waals surface area contributed by atoms with Gasteiger partial charge in [0.05, 0.1) is 12.0 Å². The smallest absolute Gasteiger partial charge is 0.413 e. The molecule has 0 aromatic carbocycles. The highest BCUT2D eigenvalue weighted by Gasteiger charge is 2.54. The van der Waals surface area contributed by atoms with Crippen molar-refractivity contribution in [3.05, 3.63) is 0 Å². The molecule has 8 heteroatoms. The van der Waals surface area contributed by atoms with Gasteiger partial charge in [-0.05, 0) is 60.8 Å². The minimum absolute atomic E-state index is 0.00982. The van der Waals surface area contributed by atoms with Crippen LogP contribution in [0.3, 0.4) is 0 Å². The van der Waals surface area contributed by atoms with Gasteiger partial charge in [-0.3, -0.25) is 14.5 Å². The second-order valence-corrected chi connectivity index (χ2v) is 9.48. The Morgan fingerprint density at radius 1 is 1.24 bits per heavy atom. The largest absolute Gasteiger partial charge is 0.444 e. The van der Waals surface area contributed by atoms with Crippen LogP contribution >= 0.6 is 0 Å². The van der Waals surface area contributed by atoms with E-state index in [4.69, 9.17) is 9.47 Å². The number of carbonyl (C=O) groups is 3. The van der Waals surface area contributed by atoms with Gasteiger partial charge < -0.3 is 19.7 Å². The molecule has 0 saturated carbocycles. The Kier molecular flexibility index (Phi) is 7.19. The van der Waals surface area contributed by atoms with Crippen LogP contribution in [0.1, 0.15) is 67.7 Å². The average molecular weight is 412 g/mol. The molecular weight excluding hydrogens is 374 g/mol. The highest BCUT2D eigenvalue weighted by Crippen LogP contribution is 2.35. The molecule has 3 amide bonds. The molecule has 8 nitrogen and oxygen atoms in total. The molecular formula is C21H37N3O5. The van der Waals surface area contributed by atoms with Gasteiger partial charge in [-0.1, -0.05) is 6.92 Å². The third-order valence-corrected chi connectivity index (χ3v) is 5.27. The molecule has 3 atom stereocenters. The second kappa shape index (κ2) is 8.90. The predicted octanol–water partition coefficient (Wildman–Crippen LogP) is 2.51. The van der Waals surface area contributed by atoms with Gasteiger partial charge in [0.25, 0.3) is 0 Å². The Bertz CT molecular complexity index is 628. The van der Waals surface area contributed by atoms with Crippen LogP contribution in [-0.2, 0) is 19.1 Å². The van der Waals surface area contributed by atoms with Crippen molar-refractivity contribution in [1.82, 2.24) is 15.1 Å². The Balaban J connectivity index is 2.17. The van der Waals surface area contributed by atoms with Gasteiger partial charge >= 0.3 is 6.09 Å². The Morgan fingerprint density at radius 2 is 1.90 bits per heavy atom. The zero-order chi connectivity index (χ0) is 22.0. The summed E-state index contributed by atoms with van der Waals surface area (Å²) < 4.78 is 11.5. The second-order valence-electron chi connectivity index (χ2n) is 9.48. The van der Waals surface area contributed by atoms with E-state index in [0.717, 1.165) is 19.3 Å². The summed E-state index contributed by atoms with van der Waals surface area (Å²) in [6, 6.07) is -0.780. The first-order chi connectivity index (χ1) is 13.4. The molecule has 2 heterocycles. The van der Waals surface area contributed by atoms with Crippen LogP contribution in [0.4, 0.5) is 4.79 Å². The quantitative estimate of drug-likeness (QED) is 0.768. The predicted molar refractivity (Wildman–Crippen MR) is 109 cm³/mol. The third kappa shape index (κ3) is 5.62. The molecule has 2 aliphatic rings. The van der Waals surface area contributed by atoms with Crippen molar-refractivity contribution < 1.29 is 23.9 Å². The standard InChI is InChI=1S/C21H37N3O5/c1-8-11-22-17(25)15-10-9-12-23(13-15)18(26)16-14(2)28-21(6,7)24(16)19(27)29-20(3,4)5/h14-16H,8-13H2,1-7H3,(H,22,25)/t14-,15+,16-/m0/s1. The first-order valence-corrected chi connectivity index (χ1v) is 10.6. The van der Waals surface area contributed by atoms with Crippen LogP contribution in [-0.4, -0.2) is 70.8 Å². The minimum Gasteiger partial charge on any atom is -0.444 e. The van der Waals surface area contributed by atoms with Crippen molar-refractivity contribution in [3.8, 4) is 0 Å². The Labute approximate surface area is 174 Å². The van der Waals surface area contributed by atoms with Gasteiger partial charge in [-0.15, -0.1) is 0 Å². The molecule has 0 aliphatic carbocycles. The molecule has 2 aliphatic heterocycles. The molecule has 0 aromatic heterocycles. The summed E-state index contributed by atoms with van der Waals surface area (Å²) in [5.74, 6) is -0.425. The van der Waals surface area contributed by atoms with Crippen molar-refractivity contribution >= 4 is 17.9 Å². The number of hydrogen-bond acceptors (Lipinski definition) is 5. The van der Waals surface area contributed by atoms with E-state index in [0.29, 0.717) is 19.6 Å². The van der Waals surface area contributed by atoms with E-state index in [-0.39, 0.29) is 17.7 Å². The topological polar surface area (TPSA) is 88.2 Å². The van der Waals surface area contributed by atoms with E-state index in [1.54, 1.807) is 46.4 Å². The lowest BCUT2D eigenvalue weighted by molar-refractivity contribution is -0.141. The Morgan fingerprint density at radius 3 is 2.48 bits per heavy atom. The van der Waals surface area contributed by atoms with E-state index in [9.17, 15) is 14.4 Å². The number of likely N-dealkylation sites (tertiary alicyclic amines) is 1. The number of ether oxygens (including phenoxy) is 2. The van der Waals surface area contributed by atoms with Gasteiger partial charge in [0.1, 0.15) is 17.4 Å². The van der Waals surface area contributed by atoms with Gasteiger partial charge in [-0.2, -0.15) is 0 Å². The zero-order valence-electron chi connectivity index (χ0n) is 18.9. The average Bonchev–Trinajstić information content (AvgIpc) is 2.86. The number of nitrogens with zero attached hydrogens (tertiary/aromatic N) is 2. The fourth-order valence-corrected chi connectivity index (χ4v) is 4.05. The van der Waals surface area contributed by atoms with Crippen LogP contribution in [0.25, 0.3) is 0 Å². The SMILES string of the molecule is CCCNC(=O)[C@@H]1CCCN(C(=O)[C@@H]2[C@H](C)OC(C)(C)N2C(=O)OC(C)(C)C)C1. The fraction of sp³-hybridized carbons (Fsp3) is 0.857. The van der Waals surface area contributed by atoms with Crippen molar-refractivity contribution in [2.45, 2.75) is 91.2 Å². The number of nitrogens with one attached hydrogen (secondary N) is 1. The van der Waals surface area contributed by atoms with Crippen molar-refractivity contribution in [3.63, 3.8) is 0 Å². The zero-order valence-corrected chi connectivity index (χ0v) is 18.9. The maximum absolute atomic E-state index is 13.4. The maximum atomic E-state index is 13.4. The lowest BCUT2D eigenvalue weighted by Crippen LogP contribution is -2.58. The number of amides is 3. The van der Waals surface area contributed by atoms with E-state index < -0.39 is 29.6 Å². The first-order valence-electron chi connectivity index (χ1n) is 10.6. The van der Waals surface area contributed by atoms with Crippen LogP contribution in [0, 0.1) is 5.92 Å². The number of carbonyl (C=O) groups excluding carboxylic acids is 3. The molecule has 0 unspecified atom stereocenters. The van der Waals surface area contributed by atoms with E-state index >= 15 is 0 Å². The van der Waals surface area contributed by atoms with Crippen LogP contribution < -0.4 is 5.32 Å². The summed E-state index contributed by atoms with van der Waals surface area (Å²) in [6.07, 6.45) is 1.35. The third-order valence-electron chi connectivity index (χ3n) is 5.27. The number of rotatable bonds is 4.